The Bertz CT molecular complexity index is 1460. The van der Waals surface area contributed by atoms with Crippen LogP contribution in [0.25, 0.3) is 0 Å². The lowest BCUT2D eigenvalue weighted by atomic mass is 9.85. The van der Waals surface area contributed by atoms with Crippen LogP contribution in [-0.2, 0) is 16.6 Å². The molecule has 1 amide bonds. The quantitative estimate of drug-likeness (QED) is 0.481. The number of aromatic nitrogens is 1. The van der Waals surface area contributed by atoms with E-state index >= 15 is 0 Å². The zero-order chi connectivity index (χ0) is 25.0. The second-order valence-corrected chi connectivity index (χ2v) is 10.2. The van der Waals surface area contributed by atoms with Crippen LogP contribution in [0.3, 0.4) is 0 Å². The van der Waals surface area contributed by atoms with Gasteiger partial charge in [-0.3, -0.25) is 9.59 Å². The second kappa shape index (κ2) is 8.20. The lowest BCUT2D eigenvalue weighted by Gasteiger charge is -2.19. The van der Waals surface area contributed by atoms with Crippen molar-refractivity contribution in [2.24, 2.45) is 5.92 Å². The molecule has 1 fully saturated rings. The number of benzene rings is 2. The molecule has 1 saturated carbocycles. The summed E-state index contributed by atoms with van der Waals surface area (Å²) < 4.78 is 12.3. The van der Waals surface area contributed by atoms with Crippen molar-refractivity contribution >= 4 is 17.5 Å². The van der Waals surface area contributed by atoms with Crippen molar-refractivity contribution in [3.63, 3.8) is 0 Å². The van der Waals surface area contributed by atoms with Crippen molar-refractivity contribution in [3.8, 4) is 23.3 Å². The third-order valence-electron chi connectivity index (χ3n) is 7.41. The van der Waals surface area contributed by atoms with Crippen LogP contribution in [-0.4, -0.2) is 22.8 Å². The van der Waals surface area contributed by atoms with E-state index in [0.717, 1.165) is 22.4 Å². The predicted molar refractivity (Wildman–Crippen MR) is 132 cm³/mol. The monoisotopic (exact) mass is 479 g/mol. The minimum Gasteiger partial charge on any atom is -0.489 e. The number of hydrogen-bond acceptors (Lipinski definition) is 6. The lowest BCUT2D eigenvalue weighted by molar-refractivity contribution is -0.116. The van der Waals surface area contributed by atoms with Crippen LogP contribution < -0.4 is 14.8 Å². The first kappa shape index (κ1) is 22.3. The largest absolute Gasteiger partial charge is 0.489 e. The van der Waals surface area contributed by atoms with E-state index in [9.17, 15) is 14.9 Å². The van der Waals surface area contributed by atoms with Crippen LogP contribution in [0.15, 0.2) is 54.7 Å². The molecule has 3 atom stereocenters. The van der Waals surface area contributed by atoms with Crippen molar-refractivity contribution in [2.45, 2.75) is 50.5 Å². The summed E-state index contributed by atoms with van der Waals surface area (Å²) in [7, 11) is 0. The molecule has 1 N–H and O–H groups in total. The molecule has 1 aromatic heterocycles. The van der Waals surface area contributed by atoms with E-state index in [4.69, 9.17) is 9.47 Å². The molecule has 3 heterocycles. The number of amides is 1. The number of carbonyl (C=O) groups excluding carboxylic acids is 2. The molecule has 36 heavy (non-hydrogen) atoms. The van der Waals surface area contributed by atoms with Gasteiger partial charge in [0.25, 0.3) is 0 Å². The highest BCUT2D eigenvalue weighted by atomic mass is 16.5. The van der Waals surface area contributed by atoms with Gasteiger partial charge in [-0.2, -0.15) is 5.26 Å². The summed E-state index contributed by atoms with van der Waals surface area (Å²) in [6.45, 7) is 3.70. The molecule has 3 aromatic rings. The molecule has 0 bridgehead atoms. The highest BCUT2D eigenvalue weighted by Gasteiger charge is 2.59. The van der Waals surface area contributed by atoms with Gasteiger partial charge < -0.3 is 14.8 Å². The standard InChI is InChI=1S/C29H25N3O4/c1-29(2,15-30)17-5-3-4-16(12-17)22(33)14-21-26-20-13-18(6-8-23(20)36-27(21)26)35-24-10-11-31-28-19(24)7-9-25(34)32-28/h3-6,8,10-13,21,26-27H,7,9,14H2,1-2H3,(H,31,32,34)/t21-,26-,27+/m0/s1. The summed E-state index contributed by atoms with van der Waals surface area (Å²) in [6, 6.07) is 17.3. The molecule has 180 valence electrons. The number of hydrogen-bond donors (Lipinski definition) is 1. The van der Waals surface area contributed by atoms with E-state index in [1.165, 1.54) is 0 Å². The molecule has 0 unspecified atom stereocenters. The van der Waals surface area contributed by atoms with Gasteiger partial charge in [0.2, 0.25) is 5.91 Å². The predicted octanol–water partition coefficient (Wildman–Crippen LogP) is 5.31. The summed E-state index contributed by atoms with van der Waals surface area (Å²) in [4.78, 5) is 29.0. The molecule has 3 aliphatic rings. The number of anilines is 1. The van der Waals surface area contributed by atoms with Crippen LogP contribution in [0.5, 0.6) is 17.2 Å². The second-order valence-electron chi connectivity index (χ2n) is 10.2. The third-order valence-corrected chi connectivity index (χ3v) is 7.41. The van der Waals surface area contributed by atoms with E-state index in [-0.39, 0.29) is 29.6 Å². The average molecular weight is 480 g/mol. The highest BCUT2D eigenvalue weighted by Crippen LogP contribution is 2.60. The Morgan fingerprint density at radius 2 is 2.08 bits per heavy atom. The molecular weight excluding hydrogens is 454 g/mol. The molecule has 2 aliphatic heterocycles. The minimum absolute atomic E-state index is 0.00169. The number of ether oxygens (including phenoxy) is 2. The first-order valence-electron chi connectivity index (χ1n) is 12.2. The number of pyridine rings is 1. The minimum atomic E-state index is -0.648. The zero-order valence-corrected chi connectivity index (χ0v) is 20.1. The molecule has 6 rings (SSSR count). The molecule has 0 spiro atoms. The van der Waals surface area contributed by atoms with E-state index < -0.39 is 5.41 Å². The number of nitrogens with one attached hydrogen (secondary N) is 1. The number of nitriles is 1. The first-order chi connectivity index (χ1) is 17.3. The lowest BCUT2D eigenvalue weighted by Crippen LogP contribution is -2.20. The summed E-state index contributed by atoms with van der Waals surface area (Å²) in [5.74, 6) is 3.06. The summed E-state index contributed by atoms with van der Waals surface area (Å²) in [5.41, 5.74) is 2.78. The highest BCUT2D eigenvalue weighted by molar-refractivity contribution is 5.97. The molecule has 2 aromatic carbocycles. The summed E-state index contributed by atoms with van der Waals surface area (Å²) in [6.07, 6.45) is 3.01. The van der Waals surface area contributed by atoms with Crippen molar-refractivity contribution in [3.05, 3.63) is 77.0 Å². The van der Waals surface area contributed by atoms with Crippen LogP contribution in [0, 0.1) is 17.2 Å². The van der Waals surface area contributed by atoms with Crippen molar-refractivity contribution < 1.29 is 19.1 Å². The fraction of sp³-hybridized carbons (Fsp3) is 0.310. The van der Waals surface area contributed by atoms with E-state index in [1.54, 1.807) is 6.20 Å². The Morgan fingerprint density at radius 3 is 2.92 bits per heavy atom. The topological polar surface area (TPSA) is 101 Å². The van der Waals surface area contributed by atoms with Crippen molar-refractivity contribution in [1.82, 2.24) is 4.98 Å². The van der Waals surface area contributed by atoms with E-state index in [0.29, 0.717) is 42.1 Å². The Morgan fingerprint density at radius 1 is 1.22 bits per heavy atom. The number of fused-ring (bicyclic) bond motifs is 4. The third kappa shape index (κ3) is 3.79. The van der Waals surface area contributed by atoms with Gasteiger partial charge >= 0.3 is 0 Å². The van der Waals surface area contributed by atoms with Gasteiger partial charge in [0, 0.05) is 47.6 Å². The molecule has 7 heteroatoms. The maximum atomic E-state index is 13.1. The number of Topliss-reactive ketones (excluding diaryl/α,β-unsaturated/α-hetero) is 1. The molecule has 1 aliphatic carbocycles. The van der Waals surface area contributed by atoms with Gasteiger partial charge in [-0.25, -0.2) is 4.98 Å². The van der Waals surface area contributed by atoms with E-state index in [1.807, 2.05) is 62.4 Å². The Labute approximate surface area is 209 Å². The number of ketones is 1. The Kier molecular flexibility index (Phi) is 5.08. The van der Waals surface area contributed by atoms with E-state index in [2.05, 4.69) is 16.4 Å². The molecular formula is C29H25N3O4. The van der Waals surface area contributed by atoms with Gasteiger partial charge in [-0.15, -0.1) is 0 Å². The molecule has 0 saturated heterocycles. The SMILES string of the molecule is CC(C)(C#N)c1cccc(C(=O)C[C@@H]2[C@H]3Oc4ccc(Oc5ccnc6c5CCC(=O)N6)cc4[C@@H]23)c1. The van der Waals surface area contributed by atoms with Gasteiger partial charge in [0.05, 0.1) is 11.5 Å². The average Bonchev–Trinajstić information content (AvgIpc) is 3.40. The fourth-order valence-corrected chi connectivity index (χ4v) is 5.22. The van der Waals surface area contributed by atoms with Crippen LogP contribution in [0.2, 0.25) is 0 Å². The van der Waals surface area contributed by atoms with Crippen molar-refractivity contribution in [2.75, 3.05) is 5.32 Å². The maximum absolute atomic E-state index is 13.1. The molecule has 0 radical (unpaired) electrons. The maximum Gasteiger partial charge on any atom is 0.225 e. The number of rotatable bonds is 6. The molecule has 7 nitrogen and oxygen atoms in total. The smallest absolute Gasteiger partial charge is 0.225 e. The van der Waals surface area contributed by atoms with Gasteiger partial charge in [0.1, 0.15) is 29.2 Å². The normalized spacial score (nSPS) is 21.2. The van der Waals surface area contributed by atoms with Crippen molar-refractivity contribution in [1.29, 1.82) is 5.26 Å². The van der Waals surface area contributed by atoms with Gasteiger partial charge in [0.15, 0.2) is 5.78 Å². The Hall–Kier alpha value is -4.18. The summed E-state index contributed by atoms with van der Waals surface area (Å²) in [5, 5.41) is 12.2. The van der Waals surface area contributed by atoms with Gasteiger partial charge in [-0.05, 0) is 56.2 Å². The van der Waals surface area contributed by atoms with Crippen LogP contribution in [0.1, 0.15) is 59.7 Å². The number of nitrogens with zero attached hydrogens (tertiary/aromatic N) is 2. The van der Waals surface area contributed by atoms with Crippen LogP contribution >= 0.6 is 0 Å². The summed E-state index contributed by atoms with van der Waals surface area (Å²) >= 11 is 0. The Balaban J connectivity index is 1.17. The van der Waals surface area contributed by atoms with Crippen LogP contribution in [0.4, 0.5) is 5.82 Å². The zero-order valence-electron chi connectivity index (χ0n) is 20.1. The number of carbonyl (C=O) groups is 2. The van der Waals surface area contributed by atoms with Gasteiger partial charge in [-0.1, -0.05) is 18.2 Å². The first-order valence-corrected chi connectivity index (χ1v) is 12.2. The fourth-order valence-electron chi connectivity index (χ4n) is 5.22.